The van der Waals surface area contributed by atoms with Crippen LogP contribution >= 0.6 is 0 Å². The molecule has 2 aromatic carbocycles. The van der Waals surface area contributed by atoms with Gasteiger partial charge >= 0.3 is 6.09 Å². The van der Waals surface area contributed by atoms with Gasteiger partial charge in [0.15, 0.2) is 5.58 Å². The Hall–Kier alpha value is -3.55. The van der Waals surface area contributed by atoms with Crippen molar-refractivity contribution in [1.82, 2.24) is 10.5 Å². The molecule has 0 radical (unpaired) electrons. The number of hydrogen-bond acceptors (Lipinski definition) is 6. The minimum atomic E-state index is -0.801. The zero-order valence-corrected chi connectivity index (χ0v) is 17.1. The van der Waals surface area contributed by atoms with Crippen molar-refractivity contribution in [2.24, 2.45) is 0 Å². The van der Waals surface area contributed by atoms with E-state index < -0.39 is 17.7 Å². The zero-order valence-electron chi connectivity index (χ0n) is 17.1. The maximum atomic E-state index is 13.4. The lowest BCUT2D eigenvalue weighted by Gasteiger charge is -2.26. The van der Waals surface area contributed by atoms with Crippen LogP contribution in [0.25, 0.3) is 11.0 Å². The fourth-order valence-electron chi connectivity index (χ4n) is 3.39. The monoisotopic (exact) mass is 408 g/mol. The van der Waals surface area contributed by atoms with E-state index in [1.54, 1.807) is 25.7 Å². The summed E-state index contributed by atoms with van der Waals surface area (Å²) >= 11 is 0. The molecule has 0 saturated heterocycles. The highest BCUT2D eigenvalue weighted by Crippen LogP contribution is 2.31. The maximum Gasteiger partial charge on any atom is 0.408 e. The van der Waals surface area contributed by atoms with E-state index in [-0.39, 0.29) is 19.0 Å². The van der Waals surface area contributed by atoms with Gasteiger partial charge in [-0.2, -0.15) is 0 Å². The first-order valence-electron chi connectivity index (χ1n) is 9.79. The second-order valence-electron chi connectivity index (χ2n) is 8.15. The Morgan fingerprint density at radius 2 is 1.97 bits per heavy atom. The van der Waals surface area contributed by atoms with Crippen molar-refractivity contribution in [3.05, 3.63) is 54.2 Å². The fraction of sp³-hybridized carbons (Fsp3) is 0.318. The molecule has 8 heteroatoms. The van der Waals surface area contributed by atoms with Crippen molar-refractivity contribution in [3.8, 4) is 0 Å². The van der Waals surface area contributed by atoms with Crippen molar-refractivity contribution >= 4 is 34.3 Å². The van der Waals surface area contributed by atoms with Crippen molar-refractivity contribution in [2.45, 2.75) is 39.0 Å². The van der Waals surface area contributed by atoms with Crippen LogP contribution in [0.1, 0.15) is 26.5 Å². The quantitative estimate of drug-likeness (QED) is 0.686. The second-order valence-corrected chi connectivity index (χ2v) is 8.15. The van der Waals surface area contributed by atoms with Gasteiger partial charge in [0.05, 0.1) is 17.9 Å². The van der Waals surface area contributed by atoms with Crippen LogP contribution in [-0.2, 0) is 16.1 Å². The summed E-state index contributed by atoms with van der Waals surface area (Å²) in [6, 6.07) is 14.2. The number of fused-ring (bicyclic) bond motifs is 2. The average Bonchev–Trinajstić information content (AvgIpc) is 3.05. The molecule has 2 heterocycles. The first-order valence-corrected chi connectivity index (χ1v) is 9.79. The number of amides is 2. The summed E-state index contributed by atoms with van der Waals surface area (Å²) in [7, 11) is 0. The number of hydrogen-bond donors (Lipinski definition) is 2. The van der Waals surface area contributed by atoms with Crippen LogP contribution in [0.3, 0.4) is 0 Å². The van der Waals surface area contributed by atoms with Gasteiger partial charge in [0.25, 0.3) is 5.91 Å². The molecule has 0 saturated carbocycles. The standard InChI is InChI=1S/C22H24N4O4/c1-22(2,3)29-21(28)24-16-12-23-15-9-5-6-10-18(15)26(20(16)27)13-17-14-8-4-7-11-19(14)30-25-17/h4-11,16,23H,12-13H2,1-3H3,(H,24,28). The molecule has 30 heavy (non-hydrogen) atoms. The van der Waals surface area contributed by atoms with Crippen molar-refractivity contribution < 1.29 is 18.8 Å². The van der Waals surface area contributed by atoms with E-state index in [1.165, 1.54) is 0 Å². The molecule has 1 aromatic heterocycles. The molecule has 8 nitrogen and oxygen atoms in total. The average molecular weight is 408 g/mol. The molecule has 156 valence electrons. The third-order valence-electron chi connectivity index (χ3n) is 4.71. The lowest BCUT2D eigenvalue weighted by molar-refractivity contribution is -0.120. The van der Waals surface area contributed by atoms with Gasteiger partial charge in [-0.15, -0.1) is 0 Å². The largest absolute Gasteiger partial charge is 0.444 e. The number of benzene rings is 2. The molecule has 1 unspecified atom stereocenters. The predicted octanol–water partition coefficient (Wildman–Crippen LogP) is 3.68. The lowest BCUT2D eigenvalue weighted by Crippen LogP contribution is -2.51. The molecule has 0 aliphatic carbocycles. The molecule has 0 bridgehead atoms. The summed E-state index contributed by atoms with van der Waals surface area (Å²) < 4.78 is 10.7. The van der Waals surface area contributed by atoms with Gasteiger partial charge in [0.1, 0.15) is 17.3 Å². The zero-order chi connectivity index (χ0) is 21.3. The third kappa shape index (κ3) is 4.07. The Morgan fingerprint density at radius 1 is 1.23 bits per heavy atom. The number of nitrogens with zero attached hydrogens (tertiary/aromatic N) is 2. The minimum Gasteiger partial charge on any atom is -0.444 e. The Labute approximate surface area is 174 Å². The highest BCUT2D eigenvalue weighted by Gasteiger charge is 2.33. The predicted molar refractivity (Wildman–Crippen MR) is 113 cm³/mol. The Morgan fingerprint density at radius 3 is 2.77 bits per heavy atom. The van der Waals surface area contributed by atoms with Crippen LogP contribution in [0.4, 0.5) is 16.2 Å². The van der Waals surface area contributed by atoms with Crippen LogP contribution in [0, 0.1) is 0 Å². The molecule has 2 amide bonds. The molecule has 0 spiro atoms. The van der Waals surface area contributed by atoms with E-state index in [9.17, 15) is 9.59 Å². The minimum absolute atomic E-state index is 0.209. The van der Waals surface area contributed by atoms with Crippen molar-refractivity contribution in [2.75, 3.05) is 16.8 Å². The number of alkyl carbamates (subject to hydrolysis) is 1. The summed E-state index contributed by atoms with van der Waals surface area (Å²) in [6.07, 6.45) is -0.638. The van der Waals surface area contributed by atoms with Gasteiger partial charge in [-0.05, 0) is 45.0 Å². The van der Waals surface area contributed by atoms with Crippen molar-refractivity contribution in [3.63, 3.8) is 0 Å². The fourth-order valence-corrected chi connectivity index (χ4v) is 3.39. The van der Waals surface area contributed by atoms with E-state index in [4.69, 9.17) is 9.26 Å². The molecule has 4 rings (SSSR count). The third-order valence-corrected chi connectivity index (χ3v) is 4.71. The van der Waals surface area contributed by atoms with Crippen LogP contribution in [0.5, 0.6) is 0 Å². The Bertz CT molecular complexity index is 1090. The van der Waals surface area contributed by atoms with Crippen LogP contribution < -0.4 is 15.5 Å². The van der Waals surface area contributed by atoms with E-state index in [0.717, 1.165) is 11.1 Å². The lowest BCUT2D eigenvalue weighted by atomic mass is 10.1. The first-order chi connectivity index (χ1) is 14.3. The molecule has 2 N–H and O–H groups in total. The Balaban J connectivity index is 1.65. The van der Waals surface area contributed by atoms with Gasteiger partial charge < -0.3 is 24.8 Å². The SMILES string of the molecule is CC(C)(C)OC(=O)NC1CNc2ccccc2N(Cc2noc3ccccc23)C1=O. The Kier molecular flexibility index (Phi) is 5.07. The summed E-state index contributed by atoms with van der Waals surface area (Å²) in [5.41, 5.74) is 2.15. The van der Waals surface area contributed by atoms with Gasteiger partial charge in [0, 0.05) is 11.9 Å². The number of anilines is 2. The maximum absolute atomic E-state index is 13.4. The first kappa shape index (κ1) is 19.8. The van der Waals surface area contributed by atoms with Gasteiger partial charge in [0.2, 0.25) is 0 Å². The van der Waals surface area contributed by atoms with E-state index in [2.05, 4.69) is 15.8 Å². The summed E-state index contributed by atoms with van der Waals surface area (Å²) in [6.45, 7) is 5.78. The van der Waals surface area contributed by atoms with Crippen LogP contribution in [-0.4, -0.2) is 35.3 Å². The molecular weight excluding hydrogens is 384 g/mol. The number of rotatable bonds is 3. The summed E-state index contributed by atoms with van der Waals surface area (Å²) in [5.74, 6) is -0.259. The number of carbonyl (C=O) groups excluding carboxylic acids is 2. The number of carbonyl (C=O) groups is 2. The normalized spacial score (nSPS) is 16.6. The summed E-state index contributed by atoms with van der Waals surface area (Å²) in [5, 5.41) is 10.9. The number of para-hydroxylation sites is 3. The van der Waals surface area contributed by atoms with Gasteiger partial charge in [-0.25, -0.2) is 4.79 Å². The van der Waals surface area contributed by atoms with E-state index >= 15 is 0 Å². The smallest absolute Gasteiger partial charge is 0.408 e. The van der Waals surface area contributed by atoms with Gasteiger partial charge in [-0.1, -0.05) is 29.4 Å². The topological polar surface area (TPSA) is 96.7 Å². The molecule has 3 aromatic rings. The number of nitrogens with one attached hydrogen (secondary N) is 2. The van der Waals surface area contributed by atoms with Crippen LogP contribution in [0.15, 0.2) is 53.1 Å². The molecular formula is C22H24N4O4. The number of aromatic nitrogens is 1. The van der Waals surface area contributed by atoms with Gasteiger partial charge in [-0.3, -0.25) is 4.79 Å². The second kappa shape index (κ2) is 7.70. The van der Waals surface area contributed by atoms with E-state index in [1.807, 2.05) is 48.5 Å². The highest BCUT2D eigenvalue weighted by atomic mass is 16.6. The summed E-state index contributed by atoms with van der Waals surface area (Å²) in [4.78, 5) is 27.3. The van der Waals surface area contributed by atoms with E-state index in [0.29, 0.717) is 17.0 Å². The molecule has 1 atom stereocenters. The van der Waals surface area contributed by atoms with Crippen molar-refractivity contribution in [1.29, 1.82) is 0 Å². The molecule has 1 aliphatic rings. The highest BCUT2D eigenvalue weighted by molar-refractivity contribution is 6.03. The molecule has 0 fully saturated rings. The number of ether oxygens (including phenoxy) is 1. The van der Waals surface area contributed by atoms with Crippen LogP contribution in [0.2, 0.25) is 0 Å². The molecule has 1 aliphatic heterocycles.